The van der Waals surface area contributed by atoms with Gasteiger partial charge in [-0.25, -0.2) is 0 Å². The van der Waals surface area contributed by atoms with Crippen molar-refractivity contribution in [1.29, 1.82) is 0 Å². The Hall–Kier alpha value is -1.71. The summed E-state index contributed by atoms with van der Waals surface area (Å²) < 4.78 is 5.47. The molecule has 0 atom stereocenters. The standard InChI is InChI=1S/C13H20N4O2/c1-2-5-13(18)11-14-7-3-4-8-19-9-6-12-10-15-17-16-12/h10,14H,3-4,6-9,11H2,1H3,(H,15,16,17). The van der Waals surface area contributed by atoms with Crippen molar-refractivity contribution in [1.82, 2.24) is 20.7 Å². The van der Waals surface area contributed by atoms with E-state index in [1.54, 1.807) is 13.1 Å². The molecule has 1 rings (SSSR count). The molecule has 0 saturated carbocycles. The molecule has 19 heavy (non-hydrogen) atoms. The highest BCUT2D eigenvalue weighted by atomic mass is 16.5. The molecule has 1 aromatic rings. The number of aromatic nitrogens is 3. The lowest BCUT2D eigenvalue weighted by Crippen LogP contribution is -2.23. The minimum atomic E-state index is -0.0636. The molecule has 6 nitrogen and oxygen atoms in total. The summed E-state index contributed by atoms with van der Waals surface area (Å²) in [6, 6.07) is 0. The summed E-state index contributed by atoms with van der Waals surface area (Å²) in [5.74, 6) is 5.01. The van der Waals surface area contributed by atoms with Gasteiger partial charge in [0.2, 0.25) is 5.78 Å². The van der Waals surface area contributed by atoms with Gasteiger partial charge in [-0.1, -0.05) is 5.92 Å². The molecule has 1 aromatic heterocycles. The van der Waals surface area contributed by atoms with Gasteiger partial charge in [0, 0.05) is 13.0 Å². The smallest absolute Gasteiger partial charge is 0.219 e. The summed E-state index contributed by atoms with van der Waals surface area (Å²) in [5, 5.41) is 13.3. The van der Waals surface area contributed by atoms with Crippen LogP contribution in [0.5, 0.6) is 0 Å². The topological polar surface area (TPSA) is 79.9 Å². The number of carbonyl (C=O) groups excluding carboxylic acids is 1. The van der Waals surface area contributed by atoms with Gasteiger partial charge in [0.15, 0.2) is 0 Å². The van der Waals surface area contributed by atoms with E-state index in [-0.39, 0.29) is 5.78 Å². The Morgan fingerprint density at radius 1 is 1.47 bits per heavy atom. The molecule has 6 heteroatoms. The summed E-state index contributed by atoms with van der Waals surface area (Å²) in [4.78, 5) is 11.1. The summed E-state index contributed by atoms with van der Waals surface area (Å²) in [7, 11) is 0. The van der Waals surface area contributed by atoms with Crippen LogP contribution in [-0.4, -0.2) is 47.5 Å². The van der Waals surface area contributed by atoms with Gasteiger partial charge >= 0.3 is 0 Å². The first-order chi connectivity index (χ1) is 9.33. The SMILES string of the molecule is CC#CC(=O)CNCCCCOCCc1cn[nH]n1. The van der Waals surface area contributed by atoms with Gasteiger partial charge in [0.05, 0.1) is 25.0 Å². The zero-order valence-electron chi connectivity index (χ0n) is 11.2. The van der Waals surface area contributed by atoms with Crippen LogP contribution in [0.4, 0.5) is 0 Å². The second kappa shape index (κ2) is 10.2. The van der Waals surface area contributed by atoms with Gasteiger partial charge in [0.25, 0.3) is 0 Å². The first-order valence-corrected chi connectivity index (χ1v) is 6.41. The molecule has 0 aromatic carbocycles. The van der Waals surface area contributed by atoms with Crippen LogP contribution in [-0.2, 0) is 16.0 Å². The van der Waals surface area contributed by atoms with Crippen molar-refractivity contribution in [3.8, 4) is 11.8 Å². The minimum Gasteiger partial charge on any atom is -0.381 e. The molecule has 0 aliphatic carbocycles. The van der Waals surface area contributed by atoms with Gasteiger partial charge < -0.3 is 10.1 Å². The number of ketones is 1. The van der Waals surface area contributed by atoms with E-state index in [2.05, 4.69) is 32.6 Å². The highest BCUT2D eigenvalue weighted by Crippen LogP contribution is 1.93. The number of carbonyl (C=O) groups is 1. The maximum atomic E-state index is 11.1. The minimum absolute atomic E-state index is 0.0636. The van der Waals surface area contributed by atoms with Crippen LogP contribution in [0, 0.1) is 11.8 Å². The van der Waals surface area contributed by atoms with Crippen molar-refractivity contribution in [2.24, 2.45) is 0 Å². The zero-order chi connectivity index (χ0) is 13.8. The number of nitrogens with one attached hydrogen (secondary N) is 2. The first kappa shape index (κ1) is 15.3. The molecule has 0 fully saturated rings. The van der Waals surface area contributed by atoms with Gasteiger partial charge in [-0.2, -0.15) is 15.4 Å². The second-order valence-corrected chi connectivity index (χ2v) is 4.01. The Morgan fingerprint density at radius 3 is 3.11 bits per heavy atom. The molecule has 0 bridgehead atoms. The van der Waals surface area contributed by atoms with Crippen LogP contribution in [0.3, 0.4) is 0 Å². The van der Waals surface area contributed by atoms with E-state index in [4.69, 9.17) is 4.74 Å². The van der Waals surface area contributed by atoms with Gasteiger partial charge in [-0.05, 0) is 32.2 Å². The molecule has 0 amide bonds. The van der Waals surface area contributed by atoms with Crippen molar-refractivity contribution in [2.45, 2.75) is 26.2 Å². The Labute approximate surface area is 113 Å². The lowest BCUT2D eigenvalue weighted by Gasteiger charge is -2.03. The predicted octanol–water partition coefficient (Wildman–Crippen LogP) is 0.326. The van der Waals surface area contributed by atoms with Crippen molar-refractivity contribution in [3.63, 3.8) is 0 Å². The van der Waals surface area contributed by atoms with E-state index >= 15 is 0 Å². The van der Waals surface area contributed by atoms with Crippen LogP contribution < -0.4 is 5.32 Å². The third kappa shape index (κ3) is 8.08. The number of rotatable bonds is 10. The first-order valence-electron chi connectivity index (χ1n) is 6.41. The fraction of sp³-hybridized carbons (Fsp3) is 0.615. The highest BCUT2D eigenvalue weighted by Gasteiger charge is 1.97. The second-order valence-electron chi connectivity index (χ2n) is 4.01. The highest BCUT2D eigenvalue weighted by molar-refractivity contribution is 5.96. The Balaban J connectivity index is 1.83. The summed E-state index contributed by atoms with van der Waals surface area (Å²) in [6.45, 7) is 4.18. The van der Waals surface area contributed by atoms with Crippen molar-refractivity contribution >= 4 is 5.78 Å². The van der Waals surface area contributed by atoms with E-state index in [1.165, 1.54) is 0 Å². The lowest BCUT2D eigenvalue weighted by molar-refractivity contribution is -0.113. The number of H-pyrrole nitrogens is 1. The van der Waals surface area contributed by atoms with Crippen molar-refractivity contribution in [3.05, 3.63) is 11.9 Å². The quantitative estimate of drug-likeness (QED) is 0.361. The van der Waals surface area contributed by atoms with Crippen LogP contribution in [0.15, 0.2) is 6.20 Å². The molecular weight excluding hydrogens is 244 g/mol. The maximum Gasteiger partial charge on any atom is 0.219 e. The number of aromatic amines is 1. The fourth-order valence-corrected chi connectivity index (χ4v) is 1.46. The van der Waals surface area contributed by atoms with Crippen molar-refractivity contribution in [2.75, 3.05) is 26.3 Å². The number of nitrogens with zero attached hydrogens (tertiary/aromatic N) is 2. The predicted molar refractivity (Wildman–Crippen MR) is 71.5 cm³/mol. The number of Topliss-reactive ketones (excluding diaryl/α,β-unsaturated/α-hetero) is 1. The zero-order valence-corrected chi connectivity index (χ0v) is 11.2. The largest absolute Gasteiger partial charge is 0.381 e. The number of ether oxygens (including phenoxy) is 1. The van der Waals surface area contributed by atoms with Gasteiger partial charge in [0.1, 0.15) is 0 Å². The van der Waals surface area contributed by atoms with E-state index < -0.39 is 0 Å². The molecule has 2 N–H and O–H groups in total. The van der Waals surface area contributed by atoms with E-state index in [0.717, 1.165) is 38.1 Å². The molecule has 0 unspecified atom stereocenters. The van der Waals surface area contributed by atoms with Crippen LogP contribution in [0.25, 0.3) is 0 Å². The number of unbranched alkanes of at least 4 members (excludes halogenated alkanes) is 1. The Morgan fingerprint density at radius 2 is 2.37 bits per heavy atom. The van der Waals surface area contributed by atoms with Crippen LogP contribution in [0.2, 0.25) is 0 Å². The fourth-order valence-electron chi connectivity index (χ4n) is 1.46. The molecule has 0 aliphatic heterocycles. The van der Waals surface area contributed by atoms with Gasteiger partial charge in [-0.3, -0.25) is 4.79 Å². The molecule has 0 saturated heterocycles. The van der Waals surface area contributed by atoms with E-state index in [0.29, 0.717) is 13.2 Å². The van der Waals surface area contributed by atoms with E-state index in [9.17, 15) is 4.79 Å². The third-order valence-electron chi connectivity index (χ3n) is 2.41. The average Bonchev–Trinajstić information content (AvgIpc) is 2.90. The number of hydrogen-bond acceptors (Lipinski definition) is 5. The van der Waals surface area contributed by atoms with Crippen molar-refractivity contribution < 1.29 is 9.53 Å². The van der Waals surface area contributed by atoms with Crippen LogP contribution >= 0.6 is 0 Å². The van der Waals surface area contributed by atoms with E-state index in [1.807, 2.05) is 0 Å². The Bertz CT molecular complexity index is 406. The maximum absolute atomic E-state index is 11.1. The summed E-state index contributed by atoms with van der Waals surface area (Å²) in [6.07, 6.45) is 4.43. The molecule has 0 radical (unpaired) electrons. The molecule has 1 heterocycles. The average molecular weight is 264 g/mol. The molecule has 0 spiro atoms. The molecule has 104 valence electrons. The number of hydrogen-bond donors (Lipinski definition) is 2. The molecular formula is C13H20N4O2. The summed E-state index contributed by atoms with van der Waals surface area (Å²) >= 11 is 0. The normalized spacial score (nSPS) is 9.95. The molecule has 0 aliphatic rings. The lowest BCUT2D eigenvalue weighted by atomic mass is 10.3. The third-order valence-corrected chi connectivity index (χ3v) is 2.41. The Kier molecular flexibility index (Phi) is 8.27. The summed E-state index contributed by atoms with van der Waals surface area (Å²) in [5.41, 5.74) is 0.914. The monoisotopic (exact) mass is 264 g/mol. The van der Waals surface area contributed by atoms with Gasteiger partial charge in [-0.15, -0.1) is 0 Å². The van der Waals surface area contributed by atoms with Crippen LogP contribution in [0.1, 0.15) is 25.5 Å².